The number of amides is 1. The van der Waals surface area contributed by atoms with Crippen molar-refractivity contribution < 1.29 is 14.6 Å². The second-order valence-electron chi connectivity index (χ2n) is 8.70. The van der Waals surface area contributed by atoms with Gasteiger partial charge in [0.1, 0.15) is 11.2 Å². The highest BCUT2D eigenvalue weighted by Crippen LogP contribution is 2.27. The molecule has 1 amide bonds. The maximum atomic E-state index is 11.2. The number of rotatable bonds is 6. The Morgan fingerprint density at radius 2 is 1.93 bits per heavy atom. The summed E-state index contributed by atoms with van der Waals surface area (Å²) < 4.78 is 6.73. The number of likely N-dealkylation sites (tertiary alicyclic amines) is 1. The van der Waals surface area contributed by atoms with Crippen LogP contribution >= 0.6 is 15.9 Å². The number of halogens is 1. The van der Waals surface area contributed by atoms with Crippen molar-refractivity contribution in [2.45, 2.75) is 51.6 Å². The van der Waals surface area contributed by atoms with Crippen LogP contribution < -0.4 is 4.74 Å². The molecule has 2 aliphatic rings. The van der Waals surface area contributed by atoms with Crippen LogP contribution in [0.2, 0.25) is 0 Å². The molecule has 2 aliphatic heterocycles. The van der Waals surface area contributed by atoms with Gasteiger partial charge in [0.05, 0.1) is 5.69 Å². The molecule has 1 aromatic heterocycles. The molecule has 162 valence electrons. The predicted molar refractivity (Wildman–Crippen MR) is 115 cm³/mol. The average molecular weight is 470 g/mol. The van der Waals surface area contributed by atoms with Gasteiger partial charge in [0.2, 0.25) is 0 Å². The van der Waals surface area contributed by atoms with Crippen molar-refractivity contribution in [3.05, 3.63) is 15.9 Å². The van der Waals surface area contributed by atoms with Gasteiger partial charge >= 0.3 is 12.1 Å². The largest absolute Gasteiger partial charge is 0.465 e. The van der Waals surface area contributed by atoms with E-state index >= 15 is 0 Å². The topological polar surface area (TPSA) is 82.0 Å². The molecule has 0 aromatic carbocycles. The van der Waals surface area contributed by atoms with Gasteiger partial charge in [-0.2, -0.15) is 9.97 Å². The van der Waals surface area contributed by atoms with E-state index in [4.69, 9.17) is 9.72 Å². The summed E-state index contributed by atoms with van der Waals surface area (Å²) in [7, 11) is 2.13. The number of nitrogens with zero attached hydrogens (tertiary/aromatic N) is 5. The van der Waals surface area contributed by atoms with E-state index in [1.54, 1.807) is 0 Å². The lowest BCUT2D eigenvalue weighted by Crippen LogP contribution is -2.56. The SMILES string of the molecule is Cc1c(Br)nc(OC[C@@H]2CCCN2C)nc1CC(C)(C)N1CCN(C(=O)O)CC1. The van der Waals surface area contributed by atoms with E-state index in [2.05, 4.69) is 51.6 Å². The fourth-order valence-corrected chi connectivity index (χ4v) is 4.51. The Labute approximate surface area is 181 Å². The van der Waals surface area contributed by atoms with Crippen molar-refractivity contribution >= 4 is 22.0 Å². The monoisotopic (exact) mass is 469 g/mol. The second-order valence-corrected chi connectivity index (χ2v) is 9.45. The molecule has 0 bridgehead atoms. The van der Waals surface area contributed by atoms with Gasteiger partial charge in [0.15, 0.2) is 0 Å². The van der Waals surface area contributed by atoms with Gasteiger partial charge in [0.25, 0.3) is 0 Å². The Hall–Kier alpha value is -1.45. The second kappa shape index (κ2) is 9.14. The predicted octanol–water partition coefficient (Wildman–Crippen LogP) is 2.64. The van der Waals surface area contributed by atoms with Crippen LogP contribution in [0.4, 0.5) is 4.79 Å². The van der Waals surface area contributed by atoms with Crippen molar-refractivity contribution in [2.24, 2.45) is 0 Å². The van der Waals surface area contributed by atoms with Crippen LogP contribution in [-0.2, 0) is 6.42 Å². The molecule has 2 fully saturated rings. The third kappa shape index (κ3) is 5.38. The van der Waals surface area contributed by atoms with E-state index in [-0.39, 0.29) is 5.54 Å². The van der Waals surface area contributed by atoms with Crippen LogP contribution in [0.15, 0.2) is 4.60 Å². The van der Waals surface area contributed by atoms with Gasteiger partial charge < -0.3 is 19.6 Å². The Morgan fingerprint density at radius 1 is 1.24 bits per heavy atom. The van der Waals surface area contributed by atoms with Crippen LogP contribution in [0.25, 0.3) is 0 Å². The third-order valence-electron chi connectivity index (χ3n) is 6.25. The van der Waals surface area contributed by atoms with Crippen molar-refractivity contribution in [3.8, 4) is 6.01 Å². The summed E-state index contributed by atoms with van der Waals surface area (Å²) in [5, 5.41) is 9.17. The molecule has 0 spiro atoms. The first-order valence-corrected chi connectivity index (χ1v) is 11.1. The first kappa shape index (κ1) is 22.2. The molecule has 3 heterocycles. The normalized spacial score (nSPS) is 21.6. The third-order valence-corrected chi connectivity index (χ3v) is 7.02. The number of carbonyl (C=O) groups is 1. The van der Waals surface area contributed by atoms with Crippen LogP contribution in [0.3, 0.4) is 0 Å². The van der Waals surface area contributed by atoms with Gasteiger partial charge in [-0.25, -0.2) is 4.79 Å². The summed E-state index contributed by atoms with van der Waals surface area (Å²) in [4.78, 5) is 26.5. The lowest BCUT2D eigenvalue weighted by molar-refractivity contribution is 0.0508. The lowest BCUT2D eigenvalue weighted by atomic mass is 9.93. The van der Waals surface area contributed by atoms with Crippen molar-refractivity contribution in [1.82, 2.24) is 24.7 Å². The van der Waals surface area contributed by atoms with Crippen LogP contribution in [0.5, 0.6) is 6.01 Å². The molecule has 1 aromatic rings. The molecule has 0 aliphatic carbocycles. The fraction of sp³-hybridized carbons (Fsp3) is 0.750. The van der Waals surface area contributed by atoms with Crippen LogP contribution in [0.1, 0.15) is 37.9 Å². The zero-order valence-electron chi connectivity index (χ0n) is 17.8. The maximum Gasteiger partial charge on any atom is 0.407 e. The van der Waals surface area contributed by atoms with Gasteiger partial charge in [0, 0.05) is 49.7 Å². The Balaban J connectivity index is 1.67. The van der Waals surface area contributed by atoms with Crippen LogP contribution in [0, 0.1) is 6.92 Å². The Bertz CT molecular complexity index is 737. The molecule has 3 rings (SSSR count). The highest BCUT2D eigenvalue weighted by Gasteiger charge is 2.32. The number of carboxylic acid groups (broad SMARTS) is 1. The number of hydrogen-bond acceptors (Lipinski definition) is 6. The van der Waals surface area contributed by atoms with Crippen molar-refractivity contribution in [1.29, 1.82) is 0 Å². The summed E-state index contributed by atoms with van der Waals surface area (Å²) in [5.74, 6) is 0. The number of piperazine rings is 1. The van der Waals surface area contributed by atoms with E-state index in [0.29, 0.717) is 31.7 Å². The molecule has 2 saturated heterocycles. The van der Waals surface area contributed by atoms with Gasteiger partial charge in [-0.15, -0.1) is 0 Å². The highest BCUT2D eigenvalue weighted by molar-refractivity contribution is 9.10. The molecule has 1 N–H and O–H groups in total. The fourth-order valence-electron chi connectivity index (χ4n) is 4.13. The van der Waals surface area contributed by atoms with Gasteiger partial charge in [-0.05, 0) is 63.1 Å². The minimum atomic E-state index is -0.840. The summed E-state index contributed by atoms with van der Waals surface area (Å²) in [6.07, 6.45) is 2.25. The molecule has 9 heteroatoms. The Morgan fingerprint density at radius 3 is 2.52 bits per heavy atom. The molecular weight excluding hydrogens is 438 g/mol. The summed E-state index contributed by atoms with van der Waals surface area (Å²) in [6.45, 7) is 10.6. The molecular formula is C20H32BrN5O3. The zero-order valence-corrected chi connectivity index (χ0v) is 19.4. The number of ether oxygens (including phenoxy) is 1. The van der Waals surface area contributed by atoms with E-state index in [1.807, 2.05) is 6.92 Å². The summed E-state index contributed by atoms with van der Waals surface area (Å²) >= 11 is 3.56. The molecule has 8 nitrogen and oxygen atoms in total. The van der Waals surface area contributed by atoms with E-state index in [0.717, 1.165) is 48.3 Å². The number of likely N-dealkylation sites (N-methyl/N-ethyl adjacent to an activating group) is 1. The van der Waals surface area contributed by atoms with E-state index in [1.165, 1.54) is 11.3 Å². The first-order valence-electron chi connectivity index (χ1n) is 10.3. The molecule has 0 radical (unpaired) electrons. The summed E-state index contributed by atoms with van der Waals surface area (Å²) in [5.41, 5.74) is 1.84. The smallest absolute Gasteiger partial charge is 0.407 e. The molecule has 0 saturated carbocycles. The van der Waals surface area contributed by atoms with E-state index < -0.39 is 6.09 Å². The number of aromatic nitrogens is 2. The standard InChI is InChI=1S/C20H32BrN5O3/c1-14-16(12-20(2,3)26-10-8-25(9-11-26)19(27)28)22-18(23-17(14)21)29-13-15-6-5-7-24(15)4/h15H,5-13H2,1-4H3,(H,27,28)/t15-/m0/s1. The minimum absolute atomic E-state index is 0.147. The maximum absolute atomic E-state index is 11.2. The lowest BCUT2D eigenvalue weighted by Gasteiger charge is -2.43. The molecule has 29 heavy (non-hydrogen) atoms. The van der Waals surface area contributed by atoms with Crippen LogP contribution in [-0.4, -0.2) is 93.8 Å². The quantitative estimate of drug-likeness (QED) is 0.641. The minimum Gasteiger partial charge on any atom is -0.465 e. The average Bonchev–Trinajstić information content (AvgIpc) is 3.08. The molecule has 0 unspecified atom stereocenters. The summed E-state index contributed by atoms with van der Waals surface area (Å²) in [6, 6.07) is 0.841. The molecule has 1 atom stereocenters. The first-order chi connectivity index (χ1) is 13.7. The van der Waals surface area contributed by atoms with Crippen molar-refractivity contribution in [3.63, 3.8) is 0 Å². The van der Waals surface area contributed by atoms with Crippen molar-refractivity contribution in [2.75, 3.05) is 46.4 Å². The van der Waals surface area contributed by atoms with Gasteiger partial charge in [-0.1, -0.05) is 0 Å². The highest BCUT2D eigenvalue weighted by atomic mass is 79.9. The van der Waals surface area contributed by atoms with E-state index in [9.17, 15) is 9.90 Å². The Kier molecular flexibility index (Phi) is 7.01. The van der Waals surface area contributed by atoms with Gasteiger partial charge in [-0.3, -0.25) is 4.90 Å². The number of hydrogen-bond donors (Lipinski definition) is 1. The zero-order chi connectivity index (χ0) is 21.2.